The molecular weight excluding hydrogens is 194 g/mol. The van der Waals surface area contributed by atoms with Crippen LogP contribution in [0.1, 0.15) is 72.6 Å². The lowest BCUT2D eigenvalue weighted by atomic mass is 9.67. The van der Waals surface area contributed by atoms with Crippen molar-refractivity contribution in [3.8, 4) is 0 Å². The monoisotopic (exact) mass is 225 g/mol. The standard InChI is InChI=1S/C15H31N/c1-5-7-13(4)15(16)9-6-8-14(11-15)10-12(2)3/h12-14H,5-11,16H2,1-4H3. The van der Waals surface area contributed by atoms with Crippen LogP contribution in [0.25, 0.3) is 0 Å². The summed E-state index contributed by atoms with van der Waals surface area (Å²) in [6.07, 6.45) is 9.23. The van der Waals surface area contributed by atoms with Crippen LogP contribution in [-0.2, 0) is 0 Å². The second-order valence-electron chi connectivity index (χ2n) is 6.51. The van der Waals surface area contributed by atoms with Crippen molar-refractivity contribution in [3.63, 3.8) is 0 Å². The van der Waals surface area contributed by atoms with Crippen LogP contribution >= 0.6 is 0 Å². The Kier molecular flexibility index (Phi) is 5.30. The zero-order valence-electron chi connectivity index (χ0n) is 11.8. The van der Waals surface area contributed by atoms with E-state index in [1.54, 1.807) is 0 Å². The smallest absolute Gasteiger partial charge is 0.0182 e. The maximum Gasteiger partial charge on any atom is 0.0182 e. The molecule has 1 saturated carbocycles. The largest absolute Gasteiger partial charge is 0.325 e. The summed E-state index contributed by atoms with van der Waals surface area (Å²) in [5.41, 5.74) is 6.80. The zero-order chi connectivity index (χ0) is 12.2. The molecule has 1 aliphatic carbocycles. The molecule has 1 fully saturated rings. The Morgan fingerprint density at radius 1 is 1.31 bits per heavy atom. The van der Waals surface area contributed by atoms with Crippen LogP contribution in [0.3, 0.4) is 0 Å². The van der Waals surface area contributed by atoms with E-state index >= 15 is 0 Å². The predicted octanol–water partition coefficient (Wildman–Crippen LogP) is 4.36. The number of hydrogen-bond acceptors (Lipinski definition) is 1. The van der Waals surface area contributed by atoms with Gasteiger partial charge in [0.25, 0.3) is 0 Å². The van der Waals surface area contributed by atoms with Gasteiger partial charge < -0.3 is 5.73 Å². The molecule has 0 heterocycles. The third kappa shape index (κ3) is 3.76. The molecule has 0 saturated heterocycles. The Labute approximate surface area is 102 Å². The normalized spacial score (nSPS) is 33.0. The Balaban J connectivity index is 2.53. The summed E-state index contributed by atoms with van der Waals surface area (Å²) >= 11 is 0. The number of hydrogen-bond donors (Lipinski definition) is 1. The quantitative estimate of drug-likeness (QED) is 0.739. The van der Waals surface area contributed by atoms with Gasteiger partial charge in [-0.15, -0.1) is 0 Å². The molecule has 1 rings (SSSR count). The highest BCUT2D eigenvalue weighted by Gasteiger charge is 2.36. The van der Waals surface area contributed by atoms with Crippen molar-refractivity contribution in [1.82, 2.24) is 0 Å². The fraction of sp³-hybridized carbons (Fsp3) is 1.00. The lowest BCUT2D eigenvalue weighted by molar-refractivity contribution is 0.142. The van der Waals surface area contributed by atoms with Gasteiger partial charge in [-0.05, 0) is 43.4 Å². The first kappa shape index (κ1) is 14.0. The minimum atomic E-state index is 0.147. The summed E-state index contributed by atoms with van der Waals surface area (Å²) in [5.74, 6) is 2.42. The molecule has 0 aromatic rings. The fourth-order valence-electron chi connectivity index (χ4n) is 3.50. The van der Waals surface area contributed by atoms with Gasteiger partial charge in [0.2, 0.25) is 0 Å². The molecule has 16 heavy (non-hydrogen) atoms. The van der Waals surface area contributed by atoms with Crippen LogP contribution in [0, 0.1) is 17.8 Å². The molecular formula is C15H31N. The highest BCUT2D eigenvalue weighted by atomic mass is 14.8. The van der Waals surface area contributed by atoms with E-state index in [-0.39, 0.29) is 5.54 Å². The highest BCUT2D eigenvalue weighted by Crippen LogP contribution is 2.39. The molecule has 0 radical (unpaired) electrons. The topological polar surface area (TPSA) is 26.0 Å². The van der Waals surface area contributed by atoms with Crippen molar-refractivity contribution < 1.29 is 0 Å². The van der Waals surface area contributed by atoms with Crippen molar-refractivity contribution in [2.24, 2.45) is 23.5 Å². The van der Waals surface area contributed by atoms with E-state index in [4.69, 9.17) is 5.73 Å². The first-order chi connectivity index (χ1) is 7.48. The van der Waals surface area contributed by atoms with Gasteiger partial charge in [0.1, 0.15) is 0 Å². The van der Waals surface area contributed by atoms with E-state index in [2.05, 4.69) is 27.7 Å². The Hall–Kier alpha value is -0.0400. The van der Waals surface area contributed by atoms with Crippen LogP contribution in [0.2, 0.25) is 0 Å². The average Bonchev–Trinajstić information content (AvgIpc) is 2.17. The Morgan fingerprint density at radius 2 is 2.00 bits per heavy atom. The highest BCUT2D eigenvalue weighted by molar-refractivity contribution is 4.94. The van der Waals surface area contributed by atoms with Gasteiger partial charge in [0, 0.05) is 5.54 Å². The Bertz CT molecular complexity index is 200. The van der Waals surface area contributed by atoms with E-state index < -0.39 is 0 Å². The maximum atomic E-state index is 6.65. The van der Waals surface area contributed by atoms with Crippen LogP contribution in [0.15, 0.2) is 0 Å². The predicted molar refractivity (Wildman–Crippen MR) is 72.4 cm³/mol. The van der Waals surface area contributed by atoms with Gasteiger partial charge in [-0.3, -0.25) is 0 Å². The lowest BCUT2D eigenvalue weighted by Gasteiger charge is -2.43. The summed E-state index contributed by atoms with van der Waals surface area (Å²) in [4.78, 5) is 0. The average molecular weight is 225 g/mol. The van der Waals surface area contributed by atoms with Gasteiger partial charge in [-0.25, -0.2) is 0 Å². The van der Waals surface area contributed by atoms with E-state index in [1.807, 2.05) is 0 Å². The second kappa shape index (κ2) is 6.05. The van der Waals surface area contributed by atoms with Gasteiger partial charge >= 0.3 is 0 Å². The van der Waals surface area contributed by atoms with Crippen molar-refractivity contribution in [1.29, 1.82) is 0 Å². The molecule has 3 unspecified atom stereocenters. The molecule has 0 spiro atoms. The summed E-state index contributed by atoms with van der Waals surface area (Å²) < 4.78 is 0. The molecule has 1 nitrogen and oxygen atoms in total. The second-order valence-corrected chi connectivity index (χ2v) is 6.51. The van der Waals surface area contributed by atoms with Gasteiger partial charge in [-0.1, -0.05) is 47.0 Å². The third-order valence-electron chi connectivity index (χ3n) is 4.43. The van der Waals surface area contributed by atoms with Crippen LogP contribution in [0.4, 0.5) is 0 Å². The molecule has 96 valence electrons. The van der Waals surface area contributed by atoms with E-state index in [1.165, 1.54) is 44.9 Å². The van der Waals surface area contributed by atoms with E-state index in [9.17, 15) is 0 Å². The molecule has 0 aliphatic heterocycles. The van der Waals surface area contributed by atoms with Crippen molar-refractivity contribution >= 4 is 0 Å². The molecule has 0 amide bonds. The van der Waals surface area contributed by atoms with Crippen LogP contribution in [-0.4, -0.2) is 5.54 Å². The van der Waals surface area contributed by atoms with Crippen molar-refractivity contribution in [3.05, 3.63) is 0 Å². The summed E-state index contributed by atoms with van der Waals surface area (Å²) in [7, 11) is 0. The van der Waals surface area contributed by atoms with Crippen LogP contribution < -0.4 is 5.73 Å². The van der Waals surface area contributed by atoms with Gasteiger partial charge in [-0.2, -0.15) is 0 Å². The first-order valence-electron chi connectivity index (χ1n) is 7.26. The van der Waals surface area contributed by atoms with Gasteiger partial charge in [0.05, 0.1) is 0 Å². The van der Waals surface area contributed by atoms with E-state index in [0.717, 1.165) is 11.8 Å². The summed E-state index contributed by atoms with van der Waals surface area (Å²) in [6, 6.07) is 0. The summed E-state index contributed by atoms with van der Waals surface area (Å²) in [5, 5.41) is 0. The summed E-state index contributed by atoms with van der Waals surface area (Å²) in [6.45, 7) is 9.31. The SMILES string of the molecule is CCCC(C)C1(N)CCCC(CC(C)C)C1. The molecule has 2 N–H and O–H groups in total. The molecule has 0 aromatic heterocycles. The number of nitrogens with two attached hydrogens (primary N) is 1. The first-order valence-corrected chi connectivity index (χ1v) is 7.26. The Morgan fingerprint density at radius 3 is 2.56 bits per heavy atom. The lowest BCUT2D eigenvalue weighted by Crippen LogP contribution is -2.49. The number of rotatable bonds is 5. The zero-order valence-corrected chi connectivity index (χ0v) is 11.8. The molecule has 0 bridgehead atoms. The van der Waals surface area contributed by atoms with E-state index in [0.29, 0.717) is 5.92 Å². The fourth-order valence-corrected chi connectivity index (χ4v) is 3.50. The molecule has 0 aromatic carbocycles. The minimum absolute atomic E-state index is 0.147. The third-order valence-corrected chi connectivity index (χ3v) is 4.43. The van der Waals surface area contributed by atoms with Gasteiger partial charge in [0.15, 0.2) is 0 Å². The molecule has 1 heteroatoms. The molecule has 1 aliphatic rings. The van der Waals surface area contributed by atoms with Crippen molar-refractivity contribution in [2.75, 3.05) is 0 Å². The minimum Gasteiger partial charge on any atom is -0.325 e. The van der Waals surface area contributed by atoms with Crippen molar-refractivity contribution in [2.45, 2.75) is 78.2 Å². The van der Waals surface area contributed by atoms with Crippen LogP contribution in [0.5, 0.6) is 0 Å². The molecule has 3 atom stereocenters. The maximum absolute atomic E-state index is 6.65.